The smallest absolute Gasteiger partial charge is 0.220 e. The van der Waals surface area contributed by atoms with Crippen molar-refractivity contribution in [2.24, 2.45) is 0 Å². The molecule has 0 spiro atoms. The minimum atomic E-state index is -1.56. The number of hydrogen-bond donors (Lipinski definition) is 6. The zero-order valence-electron chi connectivity index (χ0n) is 46.7. The van der Waals surface area contributed by atoms with Gasteiger partial charge in [-0.05, 0) is 57.8 Å². The lowest BCUT2D eigenvalue weighted by Crippen LogP contribution is -2.60. The molecular weight excluding hydrogens is 899 g/mol. The molecule has 9 nitrogen and oxygen atoms in total. The van der Waals surface area contributed by atoms with Crippen molar-refractivity contribution in [2.45, 2.75) is 320 Å². The van der Waals surface area contributed by atoms with Crippen LogP contribution in [0.25, 0.3) is 0 Å². The predicted octanol–water partition coefficient (Wildman–Crippen LogP) is 15.5. The number of nitrogens with one attached hydrogen (secondary N) is 1. The van der Waals surface area contributed by atoms with Gasteiger partial charge in [-0.2, -0.15) is 0 Å². The zero-order chi connectivity index (χ0) is 52.2. The lowest BCUT2D eigenvalue weighted by molar-refractivity contribution is -0.302. The van der Waals surface area contributed by atoms with Crippen LogP contribution in [-0.2, 0) is 14.3 Å². The Bertz CT molecular complexity index is 1310. The summed E-state index contributed by atoms with van der Waals surface area (Å²) < 4.78 is 11.3. The summed E-state index contributed by atoms with van der Waals surface area (Å²) in [6.45, 7) is 3.75. The van der Waals surface area contributed by atoms with Crippen molar-refractivity contribution in [2.75, 3.05) is 13.2 Å². The Labute approximate surface area is 443 Å². The molecule has 0 aliphatic carbocycles. The average Bonchev–Trinajstić information content (AvgIpc) is 3.38. The normalized spacial score (nSPS) is 19.6. The minimum absolute atomic E-state index is 0.138. The molecule has 1 saturated heterocycles. The van der Waals surface area contributed by atoms with E-state index >= 15 is 0 Å². The number of aliphatic hydroxyl groups is 5. The molecule has 0 aromatic carbocycles. The first-order valence-corrected chi connectivity index (χ1v) is 30.5. The van der Waals surface area contributed by atoms with Crippen LogP contribution in [0.1, 0.15) is 277 Å². The number of hydrogen-bond acceptors (Lipinski definition) is 8. The van der Waals surface area contributed by atoms with E-state index in [1.165, 1.54) is 180 Å². The van der Waals surface area contributed by atoms with Gasteiger partial charge in [-0.25, -0.2) is 0 Å². The van der Waals surface area contributed by atoms with E-state index in [2.05, 4.69) is 79.9 Å². The van der Waals surface area contributed by atoms with E-state index in [1.807, 2.05) is 0 Å². The molecule has 7 atom stereocenters. The van der Waals surface area contributed by atoms with E-state index in [0.717, 1.165) is 70.6 Å². The van der Waals surface area contributed by atoms with E-state index in [-0.39, 0.29) is 12.5 Å². The minimum Gasteiger partial charge on any atom is -0.394 e. The molecule has 0 bridgehead atoms. The van der Waals surface area contributed by atoms with Gasteiger partial charge in [0.15, 0.2) is 6.29 Å². The van der Waals surface area contributed by atoms with Crippen LogP contribution in [0.3, 0.4) is 0 Å². The summed E-state index contributed by atoms with van der Waals surface area (Å²) in [7, 11) is 0. The third-order valence-corrected chi connectivity index (χ3v) is 14.4. The topological polar surface area (TPSA) is 149 Å². The van der Waals surface area contributed by atoms with Crippen molar-refractivity contribution in [3.63, 3.8) is 0 Å². The molecule has 1 heterocycles. The lowest BCUT2D eigenvalue weighted by Gasteiger charge is -2.40. The SMILES string of the molecule is CC/C=C\C/C=C\C/C=C\C/C=C\C/C=C\CCCCCCCCCCCCCCCC(=O)NC(COC1OC(CO)C(O)C(O)C1O)C(O)CCCCCCCCCCCCCCCCCCCCCC. The summed E-state index contributed by atoms with van der Waals surface area (Å²) in [5, 5.41) is 54.8. The largest absolute Gasteiger partial charge is 0.394 e. The molecule has 0 radical (unpaired) electrons. The molecule has 1 fully saturated rings. The Balaban J connectivity index is 2.17. The van der Waals surface area contributed by atoms with Gasteiger partial charge in [-0.3, -0.25) is 4.79 Å². The molecule has 1 amide bonds. The highest BCUT2D eigenvalue weighted by Gasteiger charge is 2.44. The van der Waals surface area contributed by atoms with Crippen LogP contribution in [0, 0.1) is 0 Å². The van der Waals surface area contributed by atoms with Gasteiger partial charge in [0, 0.05) is 6.42 Å². The van der Waals surface area contributed by atoms with E-state index in [1.54, 1.807) is 0 Å². The van der Waals surface area contributed by atoms with Crippen LogP contribution in [0.4, 0.5) is 0 Å². The molecule has 1 aliphatic heterocycles. The predicted molar refractivity (Wildman–Crippen MR) is 304 cm³/mol. The fourth-order valence-corrected chi connectivity index (χ4v) is 9.60. The zero-order valence-corrected chi connectivity index (χ0v) is 46.7. The maximum absolute atomic E-state index is 13.1. The van der Waals surface area contributed by atoms with Crippen molar-refractivity contribution in [3.05, 3.63) is 60.8 Å². The standard InChI is InChI=1S/C63H115NO8/c1-3-5-7-9-11-13-15-17-19-21-23-25-26-27-28-29-30-31-32-33-35-37-39-41-43-45-47-49-51-53-59(67)64-56(55-71-63-62(70)61(69)60(68)58(54-65)72-63)57(66)52-50-48-46-44-42-40-38-36-34-24-22-20-18-16-14-12-10-8-6-4-2/h5,7,11,13,17,19,23,25,27-28,56-58,60-63,65-66,68-70H,3-4,6,8-10,12,14-16,18,20-22,24,26,29-55H2,1-2H3,(H,64,67)/b7-5-,13-11-,19-17-,25-23-,28-27-. The van der Waals surface area contributed by atoms with Gasteiger partial charge < -0.3 is 40.3 Å². The van der Waals surface area contributed by atoms with Gasteiger partial charge in [0.2, 0.25) is 5.91 Å². The second-order valence-corrected chi connectivity index (χ2v) is 21.1. The Hall–Kier alpha value is -2.11. The second kappa shape index (κ2) is 52.3. The number of amides is 1. The van der Waals surface area contributed by atoms with E-state index in [0.29, 0.717) is 12.8 Å². The van der Waals surface area contributed by atoms with E-state index < -0.39 is 49.5 Å². The molecule has 1 rings (SSSR count). The highest BCUT2D eigenvalue weighted by Crippen LogP contribution is 2.23. The first-order valence-electron chi connectivity index (χ1n) is 30.5. The summed E-state index contributed by atoms with van der Waals surface area (Å²) in [6, 6.07) is -0.722. The van der Waals surface area contributed by atoms with Crippen LogP contribution < -0.4 is 5.32 Å². The summed E-state index contributed by atoms with van der Waals surface area (Å²) in [5.74, 6) is -0.144. The molecule has 0 saturated carbocycles. The molecule has 7 unspecified atom stereocenters. The number of carbonyl (C=O) groups is 1. The van der Waals surface area contributed by atoms with Gasteiger partial charge in [-0.1, -0.05) is 274 Å². The molecule has 0 aromatic heterocycles. The monoisotopic (exact) mass is 1010 g/mol. The average molecular weight is 1010 g/mol. The molecule has 1 aliphatic rings. The van der Waals surface area contributed by atoms with Crippen LogP contribution in [0.15, 0.2) is 60.8 Å². The number of ether oxygens (including phenoxy) is 2. The summed E-state index contributed by atoms with van der Waals surface area (Å²) in [5.41, 5.74) is 0. The van der Waals surface area contributed by atoms with Gasteiger partial charge in [0.05, 0.1) is 25.4 Å². The van der Waals surface area contributed by atoms with Crippen molar-refractivity contribution in [1.29, 1.82) is 0 Å². The highest BCUT2D eigenvalue weighted by atomic mass is 16.7. The first kappa shape index (κ1) is 67.9. The van der Waals surface area contributed by atoms with Gasteiger partial charge in [0.1, 0.15) is 24.4 Å². The van der Waals surface area contributed by atoms with Crippen LogP contribution >= 0.6 is 0 Å². The van der Waals surface area contributed by atoms with Crippen LogP contribution in [0.5, 0.6) is 0 Å². The van der Waals surface area contributed by atoms with Crippen molar-refractivity contribution < 1.29 is 39.8 Å². The number of allylic oxidation sites excluding steroid dienone is 10. The Morgan fingerprint density at radius 3 is 1.28 bits per heavy atom. The maximum Gasteiger partial charge on any atom is 0.220 e. The molecule has 0 aromatic rings. The van der Waals surface area contributed by atoms with Gasteiger partial charge in [0.25, 0.3) is 0 Å². The highest BCUT2D eigenvalue weighted by molar-refractivity contribution is 5.76. The number of aliphatic hydroxyl groups excluding tert-OH is 5. The molecule has 6 N–H and O–H groups in total. The fourth-order valence-electron chi connectivity index (χ4n) is 9.60. The molecule has 72 heavy (non-hydrogen) atoms. The van der Waals surface area contributed by atoms with Gasteiger partial charge >= 0.3 is 0 Å². The maximum atomic E-state index is 13.1. The molecule has 9 heteroatoms. The Morgan fingerprint density at radius 2 is 0.861 bits per heavy atom. The van der Waals surface area contributed by atoms with Crippen LogP contribution in [-0.4, -0.2) is 87.5 Å². The van der Waals surface area contributed by atoms with Crippen LogP contribution in [0.2, 0.25) is 0 Å². The Kier molecular flexibility index (Phi) is 49.4. The fraction of sp³-hybridized carbons (Fsp3) is 0.825. The second-order valence-electron chi connectivity index (χ2n) is 21.1. The Morgan fingerprint density at radius 1 is 0.486 bits per heavy atom. The summed E-state index contributed by atoms with van der Waals surface area (Å²) in [6.07, 6.45) is 63.9. The van der Waals surface area contributed by atoms with E-state index in [4.69, 9.17) is 9.47 Å². The first-order chi connectivity index (χ1) is 35.3. The van der Waals surface area contributed by atoms with Crippen molar-refractivity contribution in [3.8, 4) is 0 Å². The van der Waals surface area contributed by atoms with Gasteiger partial charge in [-0.15, -0.1) is 0 Å². The van der Waals surface area contributed by atoms with E-state index in [9.17, 15) is 30.3 Å². The number of rotatable bonds is 52. The number of carbonyl (C=O) groups excluding carboxylic acids is 1. The quantitative estimate of drug-likeness (QED) is 0.0261. The van der Waals surface area contributed by atoms with Crippen molar-refractivity contribution in [1.82, 2.24) is 5.32 Å². The third kappa shape index (κ3) is 41.2. The number of unbranched alkanes of at least 4 members (excludes halogenated alkanes) is 32. The third-order valence-electron chi connectivity index (χ3n) is 14.4. The summed E-state index contributed by atoms with van der Waals surface area (Å²) >= 11 is 0. The van der Waals surface area contributed by atoms with Crippen molar-refractivity contribution >= 4 is 5.91 Å². The molecule has 420 valence electrons. The lowest BCUT2D eigenvalue weighted by atomic mass is 9.99. The summed E-state index contributed by atoms with van der Waals surface area (Å²) in [4.78, 5) is 13.1. The molecular formula is C63H115NO8.